The summed E-state index contributed by atoms with van der Waals surface area (Å²) in [6, 6.07) is 17.6. The first-order chi connectivity index (χ1) is 13.7. The molecule has 0 spiro atoms. The van der Waals surface area contributed by atoms with Gasteiger partial charge in [0.25, 0.3) is 0 Å². The summed E-state index contributed by atoms with van der Waals surface area (Å²) >= 11 is 0. The Morgan fingerprint density at radius 2 is 1.53 bits per heavy atom. The van der Waals surface area contributed by atoms with E-state index in [1.54, 1.807) is 0 Å². The molecule has 0 saturated carbocycles. The number of hydrogen-bond donors (Lipinski definition) is 1. The van der Waals surface area contributed by atoms with Gasteiger partial charge in [-0.25, -0.2) is 0 Å². The van der Waals surface area contributed by atoms with Crippen molar-refractivity contribution in [1.82, 2.24) is 4.90 Å². The van der Waals surface area contributed by atoms with E-state index in [0.29, 0.717) is 23.4 Å². The second-order valence-corrected chi connectivity index (χ2v) is 8.63. The van der Waals surface area contributed by atoms with Gasteiger partial charge in [-0.3, -0.25) is 9.69 Å². The molecule has 3 aromatic rings. The molecule has 3 aromatic carbocycles. The maximum absolute atomic E-state index is 13.4. The normalized spacial score (nSPS) is 11.5. The Balaban J connectivity index is 0.00000320. The standard InChI is InChI=1S/C26H31NO2.ClH/c1-6-27(7-2)17-22-15-21(16-23(25(22)29)26(3,4)5)24(28)20-13-12-18-10-8-9-11-19(18)14-20;/h8-16,29H,6-7,17H2,1-5H3;1H. The third-order valence-electron chi connectivity index (χ3n) is 5.56. The van der Waals surface area contributed by atoms with Crippen LogP contribution in [-0.4, -0.2) is 28.9 Å². The number of rotatable bonds is 6. The van der Waals surface area contributed by atoms with Crippen LogP contribution in [0.5, 0.6) is 5.75 Å². The Hall–Kier alpha value is -2.36. The number of fused-ring (bicyclic) bond motifs is 1. The van der Waals surface area contributed by atoms with Gasteiger partial charge in [-0.2, -0.15) is 0 Å². The Kier molecular flexibility index (Phi) is 7.68. The fourth-order valence-corrected chi connectivity index (χ4v) is 3.70. The SMILES string of the molecule is CCN(CC)Cc1cc(C(=O)c2ccc3ccccc3c2)cc(C(C)(C)C)c1O.Cl. The van der Waals surface area contributed by atoms with Gasteiger partial charge >= 0.3 is 0 Å². The molecule has 0 saturated heterocycles. The molecule has 1 N–H and O–H groups in total. The fourth-order valence-electron chi connectivity index (χ4n) is 3.70. The third kappa shape index (κ3) is 5.03. The highest BCUT2D eigenvalue weighted by atomic mass is 35.5. The lowest BCUT2D eigenvalue weighted by Crippen LogP contribution is -2.23. The Bertz CT molecular complexity index is 1030. The van der Waals surface area contributed by atoms with Crippen LogP contribution in [0.3, 0.4) is 0 Å². The zero-order valence-corrected chi connectivity index (χ0v) is 19.3. The number of nitrogens with zero attached hydrogens (tertiary/aromatic N) is 1. The van der Waals surface area contributed by atoms with Gasteiger partial charge in [0.15, 0.2) is 5.78 Å². The average Bonchev–Trinajstić information content (AvgIpc) is 2.71. The monoisotopic (exact) mass is 425 g/mol. The number of carbonyl (C=O) groups excluding carboxylic acids is 1. The van der Waals surface area contributed by atoms with Crippen LogP contribution in [0.25, 0.3) is 10.8 Å². The highest BCUT2D eigenvalue weighted by molar-refractivity contribution is 6.11. The van der Waals surface area contributed by atoms with Crippen molar-refractivity contribution >= 4 is 29.0 Å². The molecule has 30 heavy (non-hydrogen) atoms. The van der Waals surface area contributed by atoms with Crippen LogP contribution >= 0.6 is 12.4 Å². The van der Waals surface area contributed by atoms with Crippen molar-refractivity contribution in [2.75, 3.05) is 13.1 Å². The third-order valence-corrected chi connectivity index (χ3v) is 5.56. The number of ketones is 1. The van der Waals surface area contributed by atoms with Crippen molar-refractivity contribution in [2.45, 2.75) is 46.6 Å². The van der Waals surface area contributed by atoms with Gasteiger partial charge in [0, 0.05) is 28.8 Å². The van der Waals surface area contributed by atoms with Gasteiger partial charge in [0.2, 0.25) is 0 Å². The first-order valence-electron chi connectivity index (χ1n) is 10.4. The van der Waals surface area contributed by atoms with Crippen molar-refractivity contribution in [1.29, 1.82) is 0 Å². The van der Waals surface area contributed by atoms with E-state index in [0.717, 1.165) is 35.0 Å². The minimum absolute atomic E-state index is 0. The molecule has 0 fully saturated rings. The minimum atomic E-state index is -0.262. The highest BCUT2D eigenvalue weighted by Gasteiger charge is 2.24. The summed E-state index contributed by atoms with van der Waals surface area (Å²) in [6.07, 6.45) is 0. The topological polar surface area (TPSA) is 40.5 Å². The number of phenolic OH excluding ortho intramolecular Hbond substituents is 1. The molecule has 0 radical (unpaired) electrons. The van der Waals surface area contributed by atoms with E-state index in [1.165, 1.54) is 0 Å². The summed E-state index contributed by atoms with van der Waals surface area (Å²) in [5.41, 5.74) is 2.66. The van der Waals surface area contributed by atoms with Gasteiger partial charge in [-0.15, -0.1) is 12.4 Å². The Morgan fingerprint density at radius 1 is 0.900 bits per heavy atom. The van der Waals surface area contributed by atoms with Crippen LogP contribution < -0.4 is 0 Å². The van der Waals surface area contributed by atoms with E-state index in [-0.39, 0.29) is 23.6 Å². The number of phenols is 1. The summed E-state index contributed by atoms with van der Waals surface area (Å²) < 4.78 is 0. The summed E-state index contributed by atoms with van der Waals surface area (Å²) in [5.74, 6) is 0.293. The molecule has 3 nitrogen and oxygen atoms in total. The van der Waals surface area contributed by atoms with E-state index in [1.807, 2.05) is 54.6 Å². The fraction of sp³-hybridized carbons (Fsp3) is 0.346. The van der Waals surface area contributed by atoms with Crippen molar-refractivity contribution in [3.63, 3.8) is 0 Å². The molecule has 160 valence electrons. The predicted octanol–water partition coefficient (Wildman–Crippen LogP) is 6.34. The van der Waals surface area contributed by atoms with E-state index in [9.17, 15) is 9.90 Å². The maximum Gasteiger partial charge on any atom is 0.193 e. The van der Waals surface area contributed by atoms with Gasteiger partial charge < -0.3 is 5.11 Å². The minimum Gasteiger partial charge on any atom is -0.507 e. The number of halogens is 1. The van der Waals surface area contributed by atoms with Crippen LogP contribution in [-0.2, 0) is 12.0 Å². The summed E-state index contributed by atoms with van der Waals surface area (Å²) in [7, 11) is 0. The van der Waals surface area contributed by atoms with E-state index in [2.05, 4.69) is 39.5 Å². The van der Waals surface area contributed by atoms with Gasteiger partial charge in [-0.1, -0.05) is 71.0 Å². The second-order valence-electron chi connectivity index (χ2n) is 8.63. The van der Waals surface area contributed by atoms with E-state index < -0.39 is 0 Å². The molecule has 0 aliphatic carbocycles. The lowest BCUT2D eigenvalue weighted by Gasteiger charge is -2.25. The van der Waals surface area contributed by atoms with Crippen LogP contribution in [0, 0.1) is 0 Å². The van der Waals surface area contributed by atoms with Gasteiger partial charge in [0.1, 0.15) is 5.75 Å². The molecule has 3 rings (SSSR count). The molecule has 0 bridgehead atoms. The van der Waals surface area contributed by atoms with Gasteiger partial charge in [0.05, 0.1) is 0 Å². The molecule has 0 atom stereocenters. The Morgan fingerprint density at radius 3 is 2.13 bits per heavy atom. The number of benzene rings is 3. The molecule has 0 heterocycles. The smallest absolute Gasteiger partial charge is 0.193 e. The lowest BCUT2D eigenvalue weighted by atomic mass is 9.83. The molecule has 4 heteroatoms. The predicted molar refractivity (Wildman–Crippen MR) is 128 cm³/mol. The quantitative estimate of drug-likeness (QED) is 0.468. The first kappa shape index (κ1) is 23.9. The van der Waals surface area contributed by atoms with Crippen LogP contribution in [0.15, 0.2) is 54.6 Å². The first-order valence-corrected chi connectivity index (χ1v) is 10.4. The van der Waals surface area contributed by atoms with Gasteiger partial charge in [-0.05, 0) is 47.5 Å². The van der Waals surface area contributed by atoms with Crippen molar-refractivity contribution < 1.29 is 9.90 Å². The second kappa shape index (κ2) is 9.63. The molecule has 0 aliphatic rings. The van der Waals surface area contributed by atoms with Crippen molar-refractivity contribution in [3.05, 3.63) is 76.9 Å². The number of hydrogen-bond acceptors (Lipinski definition) is 3. The Labute approximate surface area is 186 Å². The number of aromatic hydroxyl groups is 1. The largest absolute Gasteiger partial charge is 0.507 e. The zero-order valence-electron chi connectivity index (χ0n) is 18.5. The van der Waals surface area contributed by atoms with E-state index in [4.69, 9.17) is 0 Å². The van der Waals surface area contributed by atoms with Crippen molar-refractivity contribution in [2.24, 2.45) is 0 Å². The highest BCUT2D eigenvalue weighted by Crippen LogP contribution is 2.36. The number of carbonyl (C=O) groups is 1. The summed E-state index contributed by atoms with van der Waals surface area (Å²) in [6.45, 7) is 12.8. The molecular weight excluding hydrogens is 394 g/mol. The van der Waals surface area contributed by atoms with Crippen LogP contribution in [0.1, 0.15) is 61.7 Å². The molecular formula is C26H32ClNO2. The summed E-state index contributed by atoms with van der Waals surface area (Å²) in [4.78, 5) is 15.6. The summed E-state index contributed by atoms with van der Waals surface area (Å²) in [5, 5.41) is 13.1. The van der Waals surface area contributed by atoms with Crippen LogP contribution in [0.2, 0.25) is 0 Å². The molecule has 0 aromatic heterocycles. The average molecular weight is 426 g/mol. The molecule has 0 unspecified atom stereocenters. The maximum atomic E-state index is 13.4. The lowest BCUT2D eigenvalue weighted by molar-refractivity contribution is 0.103. The van der Waals surface area contributed by atoms with E-state index >= 15 is 0 Å². The van der Waals surface area contributed by atoms with Crippen LogP contribution in [0.4, 0.5) is 0 Å². The van der Waals surface area contributed by atoms with Crippen molar-refractivity contribution in [3.8, 4) is 5.75 Å². The zero-order chi connectivity index (χ0) is 21.2. The molecule has 0 amide bonds. The molecule has 0 aliphatic heterocycles.